The van der Waals surface area contributed by atoms with E-state index in [-0.39, 0.29) is 16.3 Å². The summed E-state index contributed by atoms with van der Waals surface area (Å²) in [6, 6.07) is 5.68. The zero-order chi connectivity index (χ0) is 20.2. The summed E-state index contributed by atoms with van der Waals surface area (Å²) in [4.78, 5) is 19.3. The lowest BCUT2D eigenvalue weighted by Crippen LogP contribution is -2.27. The predicted molar refractivity (Wildman–Crippen MR) is 113 cm³/mol. The number of nitrogens with one attached hydrogen (secondary N) is 1. The van der Waals surface area contributed by atoms with Gasteiger partial charge >= 0.3 is 0 Å². The summed E-state index contributed by atoms with van der Waals surface area (Å²) in [5.74, 6) is -0.620. The first-order valence-electron chi connectivity index (χ1n) is 8.93. The Hall–Kier alpha value is -2.47. The zero-order valence-corrected chi connectivity index (χ0v) is 17.5. The van der Waals surface area contributed by atoms with Gasteiger partial charge in [-0.2, -0.15) is 4.31 Å². The molecule has 4 heterocycles. The van der Waals surface area contributed by atoms with E-state index in [1.54, 1.807) is 6.07 Å². The molecule has 0 spiro atoms. The van der Waals surface area contributed by atoms with Crippen molar-refractivity contribution in [1.82, 2.24) is 13.7 Å². The second-order valence-electron chi connectivity index (χ2n) is 6.71. The van der Waals surface area contributed by atoms with Crippen molar-refractivity contribution >= 4 is 59.6 Å². The number of phenols is 1. The van der Waals surface area contributed by atoms with Crippen molar-refractivity contribution in [3.63, 3.8) is 0 Å². The van der Waals surface area contributed by atoms with Crippen LogP contribution < -0.4 is 5.32 Å². The number of rotatable bonds is 4. The lowest BCUT2D eigenvalue weighted by molar-refractivity contribution is 0.103. The van der Waals surface area contributed by atoms with Crippen molar-refractivity contribution in [1.29, 1.82) is 0 Å². The molecule has 29 heavy (non-hydrogen) atoms. The van der Waals surface area contributed by atoms with Crippen molar-refractivity contribution in [3.05, 3.63) is 40.7 Å². The monoisotopic (exact) mass is 448 g/mol. The van der Waals surface area contributed by atoms with E-state index in [2.05, 4.69) is 10.3 Å². The van der Waals surface area contributed by atoms with Crippen LogP contribution >= 0.6 is 22.7 Å². The summed E-state index contributed by atoms with van der Waals surface area (Å²) in [7, 11) is -3.65. The van der Waals surface area contributed by atoms with Crippen molar-refractivity contribution in [2.45, 2.75) is 17.7 Å². The number of hydrogen-bond acceptors (Lipinski definition) is 7. The highest BCUT2D eigenvalue weighted by atomic mass is 32.2. The number of aromatic hydroxyl groups is 1. The van der Waals surface area contributed by atoms with Crippen molar-refractivity contribution in [2.75, 3.05) is 18.4 Å². The molecule has 1 aliphatic rings. The number of phenolic OH excluding ortho intramolecular Hbond substituents is 1. The molecule has 1 aromatic carbocycles. The topological polar surface area (TPSA) is 104 Å². The van der Waals surface area contributed by atoms with Gasteiger partial charge in [0.25, 0.3) is 5.91 Å². The van der Waals surface area contributed by atoms with Gasteiger partial charge in [0.2, 0.25) is 10.0 Å². The number of thiazole rings is 1. The highest BCUT2D eigenvalue weighted by molar-refractivity contribution is 7.89. The number of imidazole rings is 1. The van der Waals surface area contributed by atoms with Gasteiger partial charge in [0.05, 0.1) is 21.0 Å². The molecule has 1 saturated heterocycles. The van der Waals surface area contributed by atoms with Crippen LogP contribution in [-0.4, -0.2) is 46.2 Å². The number of nitrogens with zero attached hydrogens (tertiary/aromatic N) is 3. The van der Waals surface area contributed by atoms with Gasteiger partial charge in [-0.1, -0.05) is 0 Å². The maximum Gasteiger partial charge on any atom is 0.265 e. The smallest absolute Gasteiger partial charge is 0.265 e. The van der Waals surface area contributed by atoms with Crippen molar-refractivity contribution in [2.24, 2.45) is 0 Å². The maximum absolute atomic E-state index is 12.8. The summed E-state index contributed by atoms with van der Waals surface area (Å²) in [5, 5.41) is 14.7. The van der Waals surface area contributed by atoms with Crippen LogP contribution in [0.1, 0.15) is 22.5 Å². The first-order valence-corrected chi connectivity index (χ1v) is 12.1. The average molecular weight is 449 g/mol. The Labute approximate surface area is 174 Å². The summed E-state index contributed by atoms with van der Waals surface area (Å²) in [5.41, 5.74) is 0.899. The van der Waals surface area contributed by atoms with Crippen LogP contribution in [-0.2, 0) is 10.0 Å². The number of amides is 1. The fraction of sp³-hybridized carbons (Fsp3) is 0.222. The molecule has 0 atom stereocenters. The molecule has 1 aliphatic heterocycles. The molecule has 0 radical (unpaired) electrons. The van der Waals surface area contributed by atoms with Gasteiger partial charge in [0.1, 0.15) is 10.6 Å². The van der Waals surface area contributed by atoms with Crippen LogP contribution in [0.3, 0.4) is 0 Å². The second-order valence-corrected chi connectivity index (χ2v) is 10.6. The molecule has 2 N–H and O–H groups in total. The Bertz CT molecular complexity index is 1350. The van der Waals surface area contributed by atoms with E-state index < -0.39 is 15.9 Å². The van der Waals surface area contributed by atoms with Gasteiger partial charge in [0, 0.05) is 24.7 Å². The molecule has 150 valence electrons. The predicted octanol–water partition coefficient (Wildman–Crippen LogP) is 3.35. The van der Waals surface area contributed by atoms with E-state index in [9.17, 15) is 18.3 Å². The van der Waals surface area contributed by atoms with Gasteiger partial charge < -0.3 is 10.4 Å². The average Bonchev–Trinajstić information content (AvgIpc) is 3.45. The summed E-state index contributed by atoms with van der Waals surface area (Å²) < 4.78 is 28.9. The molecule has 3 aromatic heterocycles. The van der Waals surface area contributed by atoms with Crippen LogP contribution in [0.2, 0.25) is 0 Å². The molecule has 11 heteroatoms. The quantitative estimate of drug-likeness (QED) is 0.466. The molecule has 0 saturated carbocycles. The van der Waals surface area contributed by atoms with Crippen LogP contribution in [0.25, 0.3) is 15.3 Å². The van der Waals surface area contributed by atoms with Gasteiger partial charge in [0.15, 0.2) is 4.96 Å². The molecular formula is C18H16N4O4S3. The number of aromatic nitrogens is 2. The molecule has 0 aliphatic carbocycles. The number of thiophene rings is 1. The number of hydrogen-bond donors (Lipinski definition) is 2. The van der Waals surface area contributed by atoms with E-state index >= 15 is 0 Å². The minimum absolute atomic E-state index is 0.0506. The lowest BCUT2D eigenvalue weighted by Gasteiger charge is -2.16. The van der Waals surface area contributed by atoms with Crippen LogP contribution in [0.5, 0.6) is 5.75 Å². The molecule has 4 aromatic rings. The largest absolute Gasteiger partial charge is 0.506 e. The highest BCUT2D eigenvalue weighted by Gasteiger charge is 2.28. The number of anilines is 1. The Morgan fingerprint density at radius 1 is 1.21 bits per heavy atom. The third-order valence-corrected chi connectivity index (χ3v) is 8.55. The Kier molecular flexibility index (Phi) is 4.35. The standard InChI is InChI=1S/C18H16N4O4S3/c23-14-4-3-11(29(25,26)21-5-1-2-6-21)9-12(14)19-16(24)15-10-13-17(28-15)20-18-22(13)7-8-27-18/h3-4,7-10,23H,1-2,5-6H2,(H,19,24). The van der Waals surface area contributed by atoms with E-state index in [1.807, 2.05) is 16.0 Å². The minimum Gasteiger partial charge on any atom is -0.506 e. The Balaban J connectivity index is 1.44. The normalized spacial score (nSPS) is 15.4. The van der Waals surface area contributed by atoms with Crippen molar-refractivity contribution in [3.8, 4) is 5.75 Å². The van der Waals surface area contributed by atoms with Gasteiger partial charge in [-0.25, -0.2) is 13.4 Å². The SMILES string of the molecule is O=C(Nc1cc(S(=O)(=O)N2CCCC2)ccc1O)c1cc2c(nc3sccn32)s1. The van der Waals surface area contributed by atoms with E-state index in [4.69, 9.17) is 0 Å². The lowest BCUT2D eigenvalue weighted by atomic mass is 10.3. The van der Waals surface area contributed by atoms with E-state index in [0.717, 1.165) is 28.1 Å². The maximum atomic E-state index is 12.8. The third-order valence-electron chi connectivity index (χ3n) is 4.88. The molecule has 1 amide bonds. The zero-order valence-electron chi connectivity index (χ0n) is 15.0. The number of sulfonamides is 1. The first-order chi connectivity index (χ1) is 13.9. The van der Waals surface area contributed by atoms with Crippen LogP contribution in [0.15, 0.2) is 40.7 Å². The Morgan fingerprint density at radius 2 is 2.00 bits per heavy atom. The molecule has 5 rings (SSSR count). The second kappa shape index (κ2) is 6.80. The summed E-state index contributed by atoms with van der Waals surface area (Å²) in [6.45, 7) is 0.967. The molecular weight excluding hydrogens is 432 g/mol. The van der Waals surface area contributed by atoms with Crippen LogP contribution in [0, 0.1) is 0 Å². The van der Waals surface area contributed by atoms with Crippen molar-refractivity contribution < 1.29 is 18.3 Å². The van der Waals surface area contributed by atoms with Crippen LogP contribution in [0.4, 0.5) is 5.69 Å². The summed E-state index contributed by atoms with van der Waals surface area (Å²) in [6.07, 6.45) is 3.56. The van der Waals surface area contributed by atoms with Gasteiger partial charge in [-0.3, -0.25) is 9.20 Å². The number of carbonyl (C=O) groups excluding carboxylic acids is 1. The molecule has 0 bridgehead atoms. The highest BCUT2D eigenvalue weighted by Crippen LogP contribution is 2.32. The number of carbonyl (C=O) groups is 1. The minimum atomic E-state index is -3.65. The van der Waals surface area contributed by atoms with E-state index in [0.29, 0.717) is 18.0 Å². The number of benzene rings is 1. The van der Waals surface area contributed by atoms with Gasteiger partial charge in [-0.05, 0) is 37.1 Å². The Morgan fingerprint density at radius 3 is 2.79 bits per heavy atom. The molecule has 1 fully saturated rings. The summed E-state index contributed by atoms with van der Waals surface area (Å²) >= 11 is 2.76. The first kappa shape index (κ1) is 18.6. The third kappa shape index (κ3) is 3.10. The van der Waals surface area contributed by atoms with E-state index in [1.165, 1.54) is 45.2 Å². The molecule has 0 unspecified atom stereocenters. The fourth-order valence-corrected chi connectivity index (χ4v) is 6.64. The molecule has 8 nitrogen and oxygen atoms in total. The number of fused-ring (bicyclic) bond motifs is 3. The fourth-order valence-electron chi connectivity index (χ4n) is 3.40. The van der Waals surface area contributed by atoms with Gasteiger partial charge in [-0.15, -0.1) is 22.7 Å².